The quantitative estimate of drug-likeness (QED) is 0.154. The molecule has 1 aromatic heterocycles. The molecule has 9 aromatic carbocycles. The molecule has 0 fully saturated rings. The van der Waals surface area contributed by atoms with Crippen LogP contribution in [0.3, 0.4) is 0 Å². The van der Waals surface area contributed by atoms with Gasteiger partial charge >= 0.3 is 0 Å². The average molecular weight is 721 g/mol. The Morgan fingerprint density at radius 3 is 1.49 bits per heavy atom. The molecular weight excluding hydrogens is 685 g/mol. The van der Waals surface area contributed by atoms with Crippen LogP contribution in [0.4, 0.5) is 34.1 Å². The van der Waals surface area contributed by atoms with Crippen LogP contribution in [-0.2, 0) is 0 Å². The summed E-state index contributed by atoms with van der Waals surface area (Å²) in [7, 11) is 0. The molecule has 260 valence electrons. The van der Waals surface area contributed by atoms with Gasteiger partial charge in [0.1, 0.15) is 0 Å². The molecular formula is C52H36N2S. The van der Waals surface area contributed by atoms with Gasteiger partial charge in [-0.05, 0) is 94.2 Å². The molecule has 0 aliphatic heterocycles. The van der Waals surface area contributed by atoms with E-state index in [1.54, 1.807) is 0 Å². The summed E-state index contributed by atoms with van der Waals surface area (Å²) >= 11 is 1.87. The van der Waals surface area contributed by atoms with Crippen molar-refractivity contribution in [3.05, 3.63) is 218 Å². The molecule has 0 saturated carbocycles. The van der Waals surface area contributed by atoms with Crippen LogP contribution in [-0.4, -0.2) is 0 Å². The van der Waals surface area contributed by atoms with Crippen molar-refractivity contribution in [2.24, 2.45) is 0 Å². The van der Waals surface area contributed by atoms with E-state index in [4.69, 9.17) is 0 Å². The number of benzene rings is 9. The van der Waals surface area contributed by atoms with E-state index in [0.29, 0.717) is 0 Å². The molecule has 0 unspecified atom stereocenters. The maximum Gasteiger partial charge on any atom is 0.0716 e. The van der Waals surface area contributed by atoms with Gasteiger partial charge < -0.3 is 9.80 Å². The number of rotatable bonds is 8. The van der Waals surface area contributed by atoms with Crippen molar-refractivity contribution in [2.45, 2.75) is 0 Å². The third-order valence-corrected chi connectivity index (χ3v) is 11.5. The van der Waals surface area contributed by atoms with Crippen molar-refractivity contribution in [3.63, 3.8) is 0 Å². The molecule has 0 radical (unpaired) electrons. The van der Waals surface area contributed by atoms with Crippen molar-refractivity contribution in [2.75, 3.05) is 9.80 Å². The van der Waals surface area contributed by atoms with E-state index in [1.807, 2.05) is 11.3 Å². The molecule has 0 spiro atoms. The second kappa shape index (κ2) is 14.1. The van der Waals surface area contributed by atoms with Gasteiger partial charge in [0.05, 0.1) is 17.1 Å². The molecule has 0 aliphatic carbocycles. The maximum absolute atomic E-state index is 2.46. The molecule has 10 rings (SSSR count). The second-order valence-corrected chi connectivity index (χ2v) is 14.9. The Bertz CT molecular complexity index is 2920. The summed E-state index contributed by atoms with van der Waals surface area (Å²) in [6.07, 6.45) is 0. The van der Waals surface area contributed by atoms with E-state index in [-0.39, 0.29) is 0 Å². The van der Waals surface area contributed by atoms with E-state index >= 15 is 0 Å². The lowest BCUT2D eigenvalue weighted by molar-refractivity contribution is 1.23. The average Bonchev–Trinajstić information content (AvgIpc) is 3.60. The molecule has 0 atom stereocenters. The van der Waals surface area contributed by atoms with Gasteiger partial charge in [-0.25, -0.2) is 0 Å². The van der Waals surface area contributed by atoms with Crippen molar-refractivity contribution < 1.29 is 0 Å². The fourth-order valence-electron chi connectivity index (χ4n) is 7.82. The highest BCUT2D eigenvalue weighted by molar-refractivity contribution is 7.26. The van der Waals surface area contributed by atoms with Gasteiger partial charge in [0, 0.05) is 42.8 Å². The van der Waals surface area contributed by atoms with Crippen LogP contribution in [0, 0.1) is 0 Å². The first-order chi connectivity index (χ1) is 27.3. The maximum atomic E-state index is 2.46. The normalized spacial score (nSPS) is 11.3. The summed E-state index contributed by atoms with van der Waals surface area (Å²) in [6.45, 7) is 0. The highest BCUT2D eigenvalue weighted by atomic mass is 32.1. The van der Waals surface area contributed by atoms with Crippen LogP contribution in [0.2, 0.25) is 0 Å². The Morgan fingerprint density at radius 2 is 0.782 bits per heavy atom. The summed E-state index contributed by atoms with van der Waals surface area (Å²) in [5.41, 5.74) is 11.2. The van der Waals surface area contributed by atoms with Crippen molar-refractivity contribution in [1.82, 2.24) is 0 Å². The predicted octanol–water partition coefficient (Wildman–Crippen LogP) is 15.5. The number of nitrogens with zero attached hydrogens (tertiary/aromatic N) is 2. The summed E-state index contributed by atoms with van der Waals surface area (Å²) in [4.78, 5) is 4.89. The van der Waals surface area contributed by atoms with Crippen LogP contribution in [0.15, 0.2) is 218 Å². The SMILES string of the molecule is c1ccc(-c2cccc(N(c3ccccc3)c3cc4sc5cc6ccccc6cc5c4cc3N(c3ccccc3)c3ccccc3-c3ccccc3)c2)cc1. The first-order valence-corrected chi connectivity index (χ1v) is 19.5. The third-order valence-electron chi connectivity index (χ3n) is 10.4. The van der Waals surface area contributed by atoms with Gasteiger partial charge in [-0.3, -0.25) is 0 Å². The van der Waals surface area contributed by atoms with E-state index in [9.17, 15) is 0 Å². The molecule has 10 aromatic rings. The van der Waals surface area contributed by atoms with Crippen molar-refractivity contribution in [3.8, 4) is 22.3 Å². The minimum absolute atomic E-state index is 1.09. The fraction of sp³-hybridized carbons (Fsp3) is 0. The molecule has 1 heterocycles. The summed E-state index contributed by atoms with van der Waals surface area (Å²) in [6, 6.07) is 79.0. The number of fused-ring (bicyclic) bond motifs is 4. The zero-order valence-electron chi connectivity index (χ0n) is 30.1. The molecule has 0 N–H and O–H groups in total. The smallest absolute Gasteiger partial charge is 0.0716 e. The van der Waals surface area contributed by atoms with Crippen LogP contribution >= 0.6 is 11.3 Å². The molecule has 55 heavy (non-hydrogen) atoms. The lowest BCUT2D eigenvalue weighted by Crippen LogP contribution is -2.17. The number of para-hydroxylation sites is 3. The van der Waals surface area contributed by atoms with Gasteiger partial charge in [-0.15, -0.1) is 11.3 Å². The number of anilines is 6. The molecule has 0 aliphatic rings. The van der Waals surface area contributed by atoms with Crippen molar-refractivity contribution >= 4 is 76.4 Å². The molecule has 2 nitrogen and oxygen atoms in total. The Kier molecular flexibility index (Phi) is 8.40. The molecule has 3 heteroatoms. The minimum Gasteiger partial charge on any atom is -0.308 e. The minimum atomic E-state index is 1.09. The zero-order valence-corrected chi connectivity index (χ0v) is 30.9. The highest BCUT2D eigenvalue weighted by Crippen LogP contribution is 2.51. The van der Waals surface area contributed by atoms with Gasteiger partial charge in [0.15, 0.2) is 0 Å². The van der Waals surface area contributed by atoms with E-state index in [0.717, 1.165) is 39.7 Å². The highest BCUT2D eigenvalue weighted by Gasteiger charge is 2.26. The lowest BCUT2D eigenvalue weighted by atomic mass is 10.00. The van der Waals surface area contributed by atoms with Crippen LogP contribution in [0.1, 0.15) is 0 Å². The topological polar surface area (TPSA) is 6.48 Å². The first-order valence-electron chi connectivity index (χ1n) is 18.7. The van der Waals surface area contributed by atoms with E-state index < -0.39 is 0 Å². The summed E-state index contributed by atoms with van der Waals surface area (Å²) in [5.74, 6) is 0. The summed E-state index contributed by atoms with van der Waals surface area (Å²) in [5, 5.41) is 5.02. The standard InChI is InChI=1S/C52H36N2S/c1-5-18-37(19-6-1)39-24-17-29-44(32-39)53(42-25-9-3-10-26-42)50-36-52-47(46-33-40-22-13-14-23-41(40)34-51(46)55-52)35-49(50)54(43-27-11-4-12-28-43)48-31-16-15-30-45(48)38-20-7-2-8-21-38/h1-36H. The lowest BCUT2D eigenvalue weighted by Gasteiger charge is -2.34. The van der Waals surface area contributed by atoms with E-state index in [1.165, 1.54) is 47.6 Å². The molecule has 0 saturated heterocycles. The van der Waals surface area contributed by atoms with Gasteiger partial charge in [0.2, 0.25) is 0 Å². The van der Waals surface area contributed by atoms with Crippen LogP contribution in [0.5, 0.6) is 0 Å². The fourth-order valence-corrected chi connectivity index (χ4v) is 8.97. The zero-order chi connectivity index (χ0) is 36.6. The van der Waals surface area contributed by atoms with Gasteiger partial charge in [0.25, 0.3) is 0 Å². The predicted molar refractivity (Wildman–Crippen MR) is 237 cm³/mol. The Balaban J connectivity index is 1.31. The van der Waals surface area contributed by atoms with Crippen LogP contribution in [0.25, 0.3) is 53.2 Å². The number of hydrogen-bond donors (Lipinski definition) is 0. The monoisotopic (exact) mass is 720 g/mol. The van der Waals surface area contributed by atoms with Crippen LogP contribution < -0.4 is 9.80 Å². The number of thiophene rings is 1. The largest absolute Gasteiger partial charge is 0.308 e. The van der Waals surface area contributed by atoms with E-state index in [2.05, 4.69) is 228 Å². The van der Waals surface area contributed by atoms with Crippen molar-refractivity contribution in [1.29, 1.82) is 0 Å². The molecule has 0 amide bonds. The second-order valence-electron chi connectivity index (χ2n) is 13.8. The summed E-state index contributed by atoms with van der Waals surface area (Å²) < 4.78 is 2.53. The Labute approximate surface area is 325 Å². The first kappa shape index (κ1) is 32.7. The third kappa shape index (κ3) is 6.11. The molecule has 0 bridgehead atoms. The Morgan fingerprint density at radius 1 is 0.291 bits per heavy atom. The number of hydrogen-bond acceptors (Lipinski definition) is 3. The Hall–Kier alpha value is -6.94. The van der Waals surface area contributed by atoms with Gasteiger partial charge in [-0.2, -0.15) is 0 Å². The van der Waals surface area contributed by atoms with Gasteiger partial charge in [-0.1, -0.05) is 152 Å².